The minimum Gasteiger partial charge on any atom is -0.386 e. The maximum atomic E-state index is 10.1. The Morgan fingerprint density at radius 3 is 2.94 bits per heavy atom. The Labute approximate surface area is 100 Å². The van der Waals surface area contributed by atoms with Crippen molar-refractivity contribution in [2.75, 3.05) is 0 Å². The van der Waals surface area contributed by atoms with E-state index in [9.17, 15) is 5.11 Å². The largest absolute Gasteiger partial charge is 0.386 e. The van der Waals surface area contributed by atoms with Gasteiger partial charge in [0.15, 0.2) is 0 Å². The Morgan fingerprint density at radius 1 is 1.47 bits per heavy atom. The zero-order valence-electron chi connectivity index (χ0n) is 10.0. The molecule has 0 radical (unpaired) electrons. The lowest BCUT2D eigenvalue weighted by molar-refractivity contribution is 0.170. The van der Waals surface area contributed by atoms with Gasteiger partial charge in [-0.15, -0.1) is 0 Å². The molecule has 0 aromatic carbocycles. The van der Waals surface area contributed by atoms with Gasteiger partial charge in [0.25, 0.3) is 0 Å². The molecule has 90 valence electrons. The van der Waals surface area contributed by atoms with E-state index in [1.807, 2.05) is 24.6 Å². The van der Waals surface area contributed by atoms with Crippen molar-refractivity contribution in [1.29, 1.82) is 0 Å². The summed E-state index contributed by atoms with van der Waals surface area (Å²) in [6, 6.07) is 3.72. The Bertz CT molecular complexity index is 481. The summed E-state index contributed by atoms with van der Waals surface area (Å²) in [6.07, 6.45) is 2.99. The first-order valence-electron chi connectivity index (χ1n) is 5.68. The molecule has 0 fully saturated rings. The number of aromatic nitrogens is 4. The van der Waals surface area contributed by atoms with E-state index >= 15 is 0 Å². The highest BCUT2D eigenvalue weighted by Gasteiger charge is 2.13. The van der Waals surface area contributed by atoms with Crippen LogP contribution >= 0.6 is 0 Å². The molecule has 5 nitrogen and oxygen atoms in total. The summed E-state index contributed by atoms with van der Waals surface area (Å²) in [5.74, 6) is 0. The number of nitrogens with zero attached hydrogens (tertiary/aromatic N) is 4. The zero-order valence-corrected chi connectivity index (χ0v) is 10.0. The van der Waals surface area contributed by atoms with Crippen LogP contribution in [0.3, 0.4) is 0 Å². The van der Waals surface area contributed by atoms with Gasteiger partial charge in [0.1, 0.15) is 12.4 Å². The molecular formula is C12H16N4O. The highest BCUT2D eigenvalue weighted by Crippen LogP contribution is 2.16. The molecule has 0 bridgehead atoms. The smallest absolute Gasteiger partial charge is 0.115 e. The molecule has 2 rings (SSSR count). The lowest BCUT2D eigenvalue weighted by Gasteiger charge is -2.10. The molecule has 2 heterocycles. The van der Waals surface area contributed by atoms with Crippen molar-refractivity contribution >= 4 is 0 Å². The number of aryl methyl sites for hydroxylation is 2. The molecule has 1 unspecified atom stereocenters. The van der Waals surface area contributed by atoms with Gasteiger partial charge < -0.3 is 5.11 Å². The first kappa shape index (κ1) is 11.7. The second kappa shape index (κ2) is 5.05. The van der Waals surface area contributed by atoms with Gasteiger partial charge in [0, 0.05) is 24.9 Å². The third-order valence-electron chi connectivity index (χ3n) is 2.63. The number of rotatable bonds is 4. The SMILES string of the molecule is CCn1nc(C)cc1CC(O)c1ccncn1. The fraction of sp³-hybridized carbons (Fsp3) is 0.417. The average Bonchev–Trinajstić information content (AvgIpc) is 2.70. The Balaban J connectivity index is 2.15. The third kappa shape index (κ3) is 2.68. The van der Waals surface area contributed by atoms with Gasteiger partial charge in [0.05, 0.1) is 11.4 Å². The lowest BCUT2D eigenvalue weighted by Crippen LogP contribution is -2.09. The molecule has 0 saturated heterocycles. The van der Waals surface area contributed by atoms with Crippen molar-refractivity contribution in [1.82, 2.24) is 19.7 Å². The molecule has 0 amide bonds. The van der Waals surface area contributed by atoms with Crippen LogP contribution in [-0.2, 0) is 13.0 Å². The van der Waals surface area contributed by atoms with Crippen LogP contribution in [-0.4, -0.2) is 24.9 Å². The van der Waals surface area contributed by atoms with E-state index in [4.69, 9.17) is 0 Å². The third-order valence-corrected chi connectivity index (χ3v) is 2.63. The van der Waals surface area contributed by atoms with Crippen molar-refractivity contribution in [3.05, 3.63) is 41.7 Å². The van der Waals surface area contributed by atoms with Gasteiger partial charge >= 0.3 is 0 Å². The highest BCUT2D eigenvalue weighted by atomic mass is 16.3. The molecular weight excluding hydrogens is 216 g/mol. The second-order valence-electron chi connectivity index (χ2n) is 3.95. The van der Waals surface area contributed by atoms with E-state index in [0.29, 0.717) is 12.1 Å². The van der Waals surface area contributed by atoms with E-state index in [1.54, 1.807) is 12.3 Å². The number of hydrogen-bond donors (Lipinski definition) is 1. The maximum absolute atomic E-state index is 10.1. The Hall–Kier alpha value is -1.75. The van der Waals surface area contributed by atoms with E-state index in [0.717, 1.165) is 17.9 Å². The maximum Gasteiger partial charge on any atom is 0.115 e. The predicted octanol–water partition coefficient (Wildman–Crippen LogP) is 1.28. The van der Waals surface area contributed by atoms with E-state index in [1.165, 1.54) is 6.33 Å². The zero-order chi connectivity index (χ0) is 12.3. The topological polar surface area (TPSA) is 63.8 Å². The van der Waals surface area contributed by atoms with Gasteiger partial charge in [-0.05, 0) is 26.0 Å². The molecule has 17 heavy (non-hydrogen) atoms. The van der Waals surface area contributed by atoms with Crippen LogP contribution in [0.1, 0.15) is 30.1 Å². The van der Waals surface area contributed by atoms with Crippen LogP contribution in [0.5, 0.6) is 0 Å². The van der Waals surface area contributed by atoms with Crippen LogP contribution in [0.2, 0.25) is 0 Å². The Morgan fingerprint density at radius 2 is 2.29 bits per heavy atom. The number of hydrogen-bond acceptors (Lipinski definition) is 4. The molecule has 2 aromatic heterocycles. The molecule has 1 atom stereocenters. The normalized spacial score (nSPS) is 12.6. The summed E-state index contributed by atoms with van der Waals surface area (Å²) in [7, 11) is 0. The first-order chi connectivity index (χ1) is 8.20. The van der Waals surface area contributed by atoms with E-state index in [-0.39, 0.29) is 0 Å². The summed E-state index contributed by atoms with van der Waals surface area (Å²) in [6.45, 7) is 4.79. The lowest BCUT2D eigenvalue weighted by atomic mass is 10.1. The highest BCUT2D eigenvalue weighted by molar-refractivity contribution is 5.13. The summed E-state index contributed by atoms with van der Waals surface area (Å²) in [5, 5.41) is 14.4. The minimum absolute atomic E-state index is 0.520. The average molecular weight is 232 g/mol. The van der Waals surface area contributed by atoms with Gasteiger partial charge in [-0.2, -0.15) is 5.10 Å². The minimum atomic E-state index is -0.612. The fourth-order valence-electron chi connectivity index (χ4n) is 1.84. The van der Waals surface area contributed by atoms with Gasteiger partial charge in [-0.25, -0.2) is 9.97 Å². The summed E-state index contributed by atoms with van der Waals surface area (Å²) in [5.41, 5.74) is 2.63. The van der Waals surface area contributed by atoms with Gasteiger partial charge in [-0.3, -0.25) is 4.68 Å². The molecule has 5 heteroatoms. The van der Waals surface area contributed by atoms with E-state index < -0.39 is 6.10 Å². The fourth-order valence-corrected chi connectivity index (χ4v) is 1.84. The number of aliphatic hydroxyl groups excluding tert-OH is 1. The summed E-state index contributed by atoms with van der Waals surface area (Å²) in [4.78, 5) is 7.88. The molecule has 1 N–H and O–H groups in total. The van der Waals surface area contributed by atoms with Crippen molar-refractivity contribution in [2.45, 2.75) is 32.9 Å². The molecule has 0 aliphatic rings. The Kier molecular flexibility index (Phi) is 3.49. The molecule has 0 spiro atoms. The van der Waals surface area contributed by atoms with Crippen LogP contribution < -0.4 is 0 Å². The van der Waals surface area contributed by atoms with Crippen molar-refractivity contribution in [3.8, 4) is 0 Å². The van der Waals surface area contributed by atoms with Crippen molar-refractivity contribution < 1.29 is 5.11 Å². The van der Waals surface area contributed by atoms with Gasteiger partial charge in [0.2, 0.25) is 0 Å². The van der Waals surface area contributed by atoms with Crippen LogP contribution in [0, 0.1) is 6.92 Å². The quantitative estimate of drug-likeness (QED) is 0.862. The van der Waals surface area contributed by atoms with Crippen LogP contribution in [0.25, 0.3) is 0 Å². The standard InChI is InChI=1S/C12H16N4O/c1-3-16-10(6-9(2)15-16)7-12(17)11-4-5-13-8-14-11/h4-6,8,12,17H,3,7H2,1-2H3. The number of aliphatic hydroxyl groups is 1. The summed E-state index contributed by atoms with van der Waals surface area (Å²) < 4.78 is 1.90. The first-order valence-corrected chi connectivity index (χ1v) is 5.68. The second-order valence-corrected chi connectivity index (χ2v) is 3.95. The monoisotopic (exact) mass is 232 g/mol. The molecule has 0 saturated carbocycles. The van der Waals surface area contributed by atoms with Gasteiger partial charge in [-0.1, -0.05) is 0 Å². The summed E-state index contributed by atoms with van der Waals surface area (Å²) >= 11 is 0. The molecule has 2 aromatic rings. The predicted molar refractivity (Wildman–Crippen MR) is 63.3 cm³/mol. The van der Waals surface area contributed by atoms with E-state index in [2.05, 4.69) is 15.1 Å². The van der Waals surface area contributed by atoms with Crippen molar-refractivity contribution in [2.24, 2.45) is 0 Å². The van der Waals surface area contributed by atoms with Crippen LogP contribution in [0.4, 0.5) is 0 Å². The van der Waals surface area contributed by atoms with Crippen molar-refractivity contribution in [3.63, 3.8) is 0 Å². The molecule has 0 aliphatic heterocycles. The molecule has 0 aliphatic carbocycles. The van der Waals surface area contributed by atoms with Crippen LogP contribution in [0.15, 0.2) is 24.7 Å².